The SMILES string of the molecule is CCC1CCC(Oc2cc(C(C)C)ccc2C)CC1. The van der Waals surface area contributed by atoms with Crippen LogP contribution in [-0.2, 0) is 0 Å². The third kappa shape index (κ3) is 3.75. The zero-order chi connectivity index (χ0) is 13.8. The fourth-order valence-electron chi connectivity index (χ4n) is 2.94. The molecule has 1 nitrogen and oxygen atoms in total. The van der Waals surface area contributed by atoms with Crippen LogP contribution in [0.25, 0.3) is 0 Å². The lowest BCUT2D eigenvalue weighted by atomic mass is 9.86. The lowest BCUT2D eigenvalue weighted by Crippen LogP contribution is -2.24. The van der Waals surface area contributed by atoms with E-state index in [9.17, 15) is 0 Å². The molecule has 2 rings (SSSR count). The smallest absolute Gasteiger partial charge is 0.122 e. The molecule has 19 heavy (non-hydrogen) atoms. The third-order valence-electron chi connectivity index (χ3n) is 4.54. The predicted octanol–water partition coefficient (Wildman–Crippen LogP) is 5.47. The topological polar surface area (TPSA) is 9.23 Å². The summed E-state index contributed by atoms with van der Waals surface area (Å²) in [4.78, 5) is 0. The Morgan fingerprint density at radius 1 is 1.16 bits per heavy atom. The molecule has 0 saturated heterocycles. The van der Waals surface area contributed by atoms with Gasteiger partial charge in [0.15, 0.2) is 0 Å². The largest absolute Gasteiger partial charge is 0.490 e. The molecule has 0 N–H and O–H groups in total. The summed E-state index contributed by atoms with van der Waals surface area (Å²) in [6.45, 7) is 8.93. The van der Waals surface area contributed by atoms with E-state index in [1.54, 1.807) is 0 Å². The Morgan fingerprint density at radius 3 is 2.42 bits per heavy atom. The van der Waals surface area contributed by atoms with Crippen molar-refractivity contribution in [2.24, 2.45) is 5.92 Å². The van der Waals surface area contributed by atoms with Crippen molar-refractivity contribution in [3.8, 4) is 5.75 Å². The molecule has 106 valence electrons. The molecule has 1 aromatic rings. The first kappa shape index (κ1) is 14.4. The Bertz CT molecular complexity index is 400. The van der Waals surface area contributed by atoms with Crippen LogP contribution in [-0.4, -0.2) is 6.10 Å². The zero-order valence-corrected chi connectivity index (χ0v) is 12.9. The maximum atomic E-state index is 6.27. The van der Waals surface area contributed by atoms with Gasteiger partial charge in [0.1, 0.15) is 5.75 Å². The van der Waals surface area contributed by atoms with Crippen LogP contribution in [0.4, 0.5) is 0 Å². The Kier molecular flexibility index (Phi) is 4.90. The summed E-state index contributed by atoms with van der Waals surface area (Å²) in [5.74, 6) is 2.60. The van der Waals surface area contributed by atoms with Gasteiger partial charge >= 0.3 is 0 Å². The lowest BCUT2D eigenvalue weighted by Gasteiger charge is -2.29. The van der Waals surface area contributed by atoms with Gasteiger partial charge in [-0.1, -0.05) is 39.3 Å². The van der Waals surface area contributed by atoms with Crippen molar-refractivity contribution in [1.82, 2.24) is 0 Å². The summed E-state index contributed by atoms with van der Waals surface area (Å²) in [6, 6.07) is 6.66. The molecule has 1 saturated carbocycles. The van der Waals surface area contributed by atoms with Gasteiger partial charge in [-0.05, 0) is 61.6 Å². The first-order valence-electron chi connectivity index (χ1n) is 7.87. The van der Waals surface area contributed by atoms with Gasteiger partial charge < -0.3 is 4.74 Å². The van der Waals surface area contributed by atoms with Gasteiger partial charge in [0.05, 0.1) is 6.10 Å². The van der Waals surface area contributed by atoms with E-state index in [2.05, 4.69) is 45.9 Å². The molecule has 0 aliphatic heterocycles. The summed E-state index contributed by atoms with van der Waals surface area (Å²) < 4.78 is 6.27. The van der Waals surface area contributed by atoms with Crippen LogP contribution in [0.3, 0.4) is 0 Å². The third-order valence-corrected chi connectivity index (χ3v) is 4.54. The highest BCUT2D eigenvalue weighted by Crippen LogP contribution is 2.31. The Hall–Kier alpha value is -0.980. The van der Waals surface area contributed by atoms with E-state index < -0.39 is 0 Å². The second kappa shape index (κ2) is 6.45. The van der Waals surface area contributed by atoms with Gasteiger partial charge in [-0.25, -0.2) is 0 Å². The minimum atomic E-state index is 0.434. The predicted molar refractivity (Wildman–Crippen MR) is 81.9 cm³/mol. The molecule has 1 aromatic carbocycles. The molecule has 0 heterocycles. The maximum Gasteiger partial charge on any atom is 0.122 e. The lowest BCUT2D eigenvalue weighted by molar-refractivity contribution is 0.129. The molecular weight excluding hydrogens is 232 g/mol. The fraction of sp³-hybridized carbons (Fsp3) is 0.667. The number of aryl methyl sites for hydroxylation is 1. The van der Waals surface area contributed by atoms with Gasteiger partial charge in [-0.15, -0.1) is 0 Å². The molecular formula is C18H28O. The molecule has 1 heteroatoms. The molecule has 0 bridgehead atoms. The monoisotopic (exact) mass is 260 g/mol. The van der Waals surface area contributed by atoms with Crippen molar-refractivity contribution in [3.63, 3.8) is 0 Å². The summed E-state index contributed by atoms with van der Waals surface area (Å²) >= 11 is 0. The highest BCUT2D eigenvalue weighted by Gasteiger charge is 2.21. The fourth-order valence-corrected chi connectivity index (χ4v) is 2.94. The van der Waals surface area contributed by atoms with Crippen molar-refractivity contribution in [2.75, 3.05) is 0 Å². The van der Waals surface area contributed by atoms with Crippen molar-refractivity contribution < 1.29 is 4.74 Å². The van der Waals surface area contributed by atoms with Crippen molar-refractivity contribution in [2.45, 2.75) is 71.8 Å². The van der Waals surface area contributed by atoms with E-state index in [1.165, 1.54) is 43.2 Å². The van der Waals surface area contributed by atoms with Gasteiger partial charge in [0, 0.05) is 0 Å². The second-order valence-electron chi connectivity index (χ2n) is 6.35. The van der Waals surface area contributed by atoms with Crippen LogP contribution < -0.4 is 4.74 Å². The Balaban J connectivity index is 2.01. The van der Waals surface area contributed by atoms with Crippen LogP contribution in [0.5, 0.6) is 5.75 Å². The molecule has 0 atom stereocenters. The molecule has 1 aliphatic carbocycles. The molecule has 0 amide bonds. The average Bonchev–Trinajstić information content (AvgIpc) is 2.42. The van der Waals surface area contributed by atoms with Crippen molar-refractivity contribution >= 4 is 0 Å². The highest BCUT2D eigenvalue weighted by atomic mass is 16.5. The normalized spacial score (nSPS) is 23.6. The minimum Gasteiger partial charge on any atom is -0.490 e. The molecule has 1 aliphatic rings. The number of benzene rings is 1. The van der Waals surface area contributed by atoms with Gasteiger partial charge in [-0.2, -0.15) is 0 Å². The van der Waals surface area contributed by atoms with E-state index in [1.807, 2.05) is 0 Å². The standard InChI is InChI=1S/C18H28O/c1-5-15-7-10-17(11-8-15)19-18-12-16(13(2)3)9-6-14(18)4/h6,9,12-13,15,17H,5,7-8,10-11H2,1-4H3. The number of rotatable bonds is 4. The van der Waals surface area contributed by atoms with Gasteiger partial charge in [-0.3, -0.25) is 0 Å². The molecule has 1 fully saturated rings. The van der Waals surface area contributed by atoms with E-state index >= 15 is 0 Å². The van der Waals surface area contributed by atoms with Crippen LogP contribution >= 0.6 is 0 Å². The van der Waals surface area contributed by atoms with Gasteiger partial charge in [0.25, 0.3) is 0 Å². The Morgan fingerprint density at radius 2 is 1.84 bits per heavy atom. The first-order valence-corrected chi connectivity index (χ1v) is 7.87. The van der Waals surface area contributed by atoms with Crippen LogP contribution in [0.2, 0.25) is 0 Å². The number of ether oxygens (including phenoxy) is 1. The first-order chi connectivity index (χ1) is 9.10. The summed E-state index contributed by atoms with van der Waals surface area (Å²) in [7, 11) is 0. The average molecular weight is 260 g/mol. The molecule has 0 spiro atoms. The zero-order valence-electron chi connectivity index (χ0n) is 12.9. The van der Waals surface area contributed by atoms with Crippen molar-refractivity contribution in [3.05, 3.63) is 29.3 Å². The van der Waals surface area contributed by atoms with E-state index in [0.717, 1.165) is 11.7 Å². The van der Waals surface area contributed by atoms with Crippen molar-refractivity contribution in [1.29, 1.82) is 0 Å². The summed E-state index contributed by atoms with van der Waals surface area (Å²) in [5, 5.41) is 0. The van der Waals surface area contributed by atoms with E-state index in [-0.39, 0.29) is 0 Å². The number of hydrogen-bond donors (Lipinski definition) is 0. The molecule has 0 radical (unpaired) electrons. The quantitative estimate of drug-likeness (QED) is 0.698. The highest BCUT2D eigenvalue weighted by molar-refractivity contribution is 5.37. The van der Waals surface area contributed by atoms with E-state index in [0.29, 0.717) is 12.0 Å². The number of hydrogen-bond acceptors (Lipinski definition) is 1. The second-order valence-corrected chi connectivity index (χ2v) is 6.35. The summed E-state index contributed by atoms with van der Waals surface area (Å²) in [6.07, 6.45) is 6.89. The Labute approximate surface area is 118 Å². The molecule has 0 aromatic heterocycles. The van der Waals surface area contributed by atoms with E-state index in [4.69, 9.17) is 4.74 Å². The van der Waals surface area contributed by atoms with Crippen LogP contribution in [0.15, 0.2) is 18.2 Å². The summed E-state index contributed by atoms with van der Waals surface area (Å²) in [5.41, 5.74) is 2.64. The van der Waals surface area contributed by atoms with Crippen LogP contribution in [0, 0.1) is 12.8 Å². The maximum absolute atomic E-state index is 6.27. The molecule has 0 unspecified atom stereocenters. The van der Waals surface area contributed by atoms with Gasteiger partial charge in [0.2, 0.25) is 0 Å². The minimum absolute atomic E-state index is 0.434. The van der Waals surface area contributed by atoms with Crippen LogP contribution in [0.1, 0.15) is 69.9 Å².